The molecule has 2 nitrogen and oxygen atoms in total. The maximum Gasteiger partial charge on any atom is 0.128 e. The molecule has 1 rings (SSSR count). The maximum atomic E-state index is 8.73. The van der Waals surface area contributed by atoms with Crippen LogP contribution in [0, 0.1) is 11.3 Å². The van der Waals surface area contributed by atoms with Crippen molar-refractivity contribution in [3.63, 3.8) is 0 Å². The lowest BCUT2D eigenvalue weighted by atomic mass is 10.1. The Labute approximate surface area is 84.4 Å². The lowest BCUT2D eigenvalue weighted by molar-refractivity contribution is 0.242. The summed E-state index contributed by atoms with van der Waals surface area (Å²) in [6.45, 7) is 7.59. The fourth-order valence-corrected chi connectivity index (χ4v) is 1.13. The number of rotatable bonds is 3. The second-order valence-electron chi connectivity index (χ2n) is 3.24. The zero-order chi connectivity index (χ0) is 10.6. The van der Waals surface area contributed by atoms with Crippen LogP contribution in [0.2, 0.25) is 0 Å². The number of ether oxygens (including phenoxy) is 1. The molecule has 1 aromatic carbocycles. The molecular formula is C12H13NO. The van der Waals surface area contributed by atoms with Gasteiger partial charge in [0.05, 0.1) is 17.7 Å². The Morgan fingerprint density at radius 3 is 2.71 bits per heavy atom. The average Bonchev–Trinajstić information content (AvgIpc) is 2.16. The minimum Gasteiger partial charge on any atom is -0.490 e. The molecule has 0 bridgehead atoms. The largest absolute Gasteiger partial charge is 0.490 e. The normalized spacial score (nSPS) is 9.57. The van der Waals surface area contributed by atoms with Crippen molar-refractivity contribution >= 4 is 6.08 Å². The molecular weight excluding hydrogens is 174 g/mol. The molecule has 0 N–H and O–H groups in total. The van der Waals surface area contributed by atoms with E-state index >= 15 is 0 Å². The summed E-state index contributed by atoms with van der Waals surface area (Å²) in [6, 6.07) is 7.40. The summed E-state index contributed by atoms with van der Waals surface area (Å²) in [4.78, 5) is 0. The SMILES string of the molecule is C=Cc1ccc(C#N)cc1OC(C)C. The molecule has 0 saturated carbocycles. The monoisotopic (exact) mass is 187 g/mol. The van der Waals surface area contributed by atoms with Gasteiger partial charge < -0.3 is 4.74 Å². The van der Waals surface area contributed by atoms with Gasteiger partial charge in [-0.3, -0.25) is 0 Å². The predicted molar refractivity (Wildman–Crippen MR) is 57.0 cm³/mol. The van der Waals surface area contributed by atoms with Crippen molar-refractivity contribution < 1.29 is 4.74 Å². The lowest BCUT2D eigenvalue weighted by Crippen LogP contribution is -2.06. The van der Waals surface area contributed by atoms with Gasteiger partial charge in [0.25, 0.3) is 0 Å². The van der Waals surface area contributed by atoms with Gasteiger partial charge in [-0.2, -0.15) is 5.26 Å². The van der Waals surface area contributed by atoms with E-state index in [4.69, 9.17) is 10.00 Å². The van der Waals surface area contributed by atoms with Gasteiger partial charge in [-0.25, -0.2) is 0 Å². The molecule has 0 amide bonds. The van der Waals surface area contributed by atoms with Crippen molar-refractivity contribution in [2.45, 2.75) is 20.0 Å². The number of hydrogen-bond donors (Lipinski definition) is 0. The Balaban J connectivity index is 3.09. The van der Waals surface area contributed by atoms with Gasteiger partial charge in [0.15, 0.2) is 0 Å². The molecule has 1 aromatic rings. The minimum absolute atomic E-state index is 0.0997. The molecule has 0 unspecified atom stereocenters. The Hall–Kier alpha value is -1.75. The summed E-state index contributed by atoms with van der Waals surface area (Å²) in [7, 11) is 0. The highest BCUT2D eigenvalue weighted by atomic mass is 16.5. The molecule has 2 heteroatoms. The van der Waals surface area contributed by atoms with E-state index in [2.05, 4.69) is 12.6 Å². The standard InChI is InChI=1S/C12H13NO/c1-4-11-6-5-10(8-13)7-12(11)14-9(2)3/h4-7,9H,1H2,2-3H3. The first kappa shape index (κ1) is 10.3. The summed E-state index contributed by atoms with van der Waals surface area (Å²) in [5, 5.41) is 8.73. The molecule has 0 radical (unpaired) electrons. The van der Waals surface area contributed by atoms with Crippen molar-refractivity contribution in [1.82, 2.24) is 0 Å². The Kier molecular flexibility index (Phi) is 3.30. The molecule has 0 saturated heterocycles. The minimum atomic E-state index is 0.0997. The summed E-state index contributed by atoms with van der Waals surface area (Å²) in [6.07, 6.45) is 1.82. The molecule has 0 aliphatic rings. The second kappa shape index (κ2) is 4.48. The Morgan fingerprint density at radius 1 is 1.50 bits per heavy atom. The van der Waals surface area contributed by atoms with Gasteiger partial charge in [-0.05, 0) is 32.0 Å². The van der Waals surface area contributed by atoms with Crippen LogP contribution in [0.25, 0.3) is 6.08 Å². The highest BCUT2D eigenvalue weighted by Crippen LogP contribution is 2.22. The zero-order valence-electron chi connectivity index (χ0n) is 8.45. The summed E-state index contributed by atoms with van der Waals surface area (Å²) < 4.78 is 5.56. The molecule has 0 atom stereocenters. The topological polar surface area (TPSA) is 33.0 Å². The highest BCUT2D eigenvalue weighted by Gasteiger charge is 2.04. The van der Waals surface area contributed by atoms with Crippen LogP contribution in [0.3, 0.4) is 0 Å². The third-order valence-corrected chi connectivity index (χ3v) is 1.73. The van der Waals surface area contributed by atoms with Crippen molar-refractivity contribution in [1.29, 1.82) is 5.26 Å². The fraction of sp³-hybridized carbons (Fsp3) is 0.250. The molecule has 0 heterocycles. The molecule has 0 spiro atoms. The van der Waals surface area contributed by atoms with Crippen LogP contribution >= 0.6 is 0 Å². The first-order valence-corrected chi connectivity index (χ1v) is 4.50. The van der Waals surface area contributed by atoms with Crippen LogP contribution in [0.1, 0.15) is 25.0 Å². The van der Waals surface area contributed by atoms with E-state index in [1.54, 1.807) is 18.2 Å². The van der Waals surface area contributed by atoms with E-state index in [1.807, 2.05) is 19.9 Å². The van der Waals surface area contributed by atoms with E-state index in [0.717, 1.165) is 5.56 Å². The van der Waals surface area contributed by atoms with E-state index in [1.165, 1.54) is 0 Å². The average molecular weight is 187 g/mol. The molecule has 0 aliphatic heterocycles. The van der Waals surface area contributed by atoms with Crippen molar-refractivity contribution in [2.24, 2.45) is 0 Å². The zero-order valence-corrected chi connectivity index (χ0v) is 8.45. The second-order valence-corrected chi connectivity index (χ2v) is 3.24. The van der Waals surface area contributed by atoms with Gasteiger partial charge in [-0.1, -0.05) is 12.7 Å². The van der Waals surface area contributed by atoms with Gasteiger partial charge in [0, 0.05) is 5.56 Å². The van der Waals surface area contributed by atoms with E-state index < -0.39 is 0 Å². The molecule has 0 fully saturated rings. The Morgan fingerprint density at radius 2 is 2.21 bits per heavy atom. The maximum absolute atomic E-state index is 8.73. The van der Waals surface area contributed by atoms with Crippen LogP contribution in [0.4, 0.5) is 0 Å². The van der Waals surface area contributed by atoms with Gasteiger partial charge in [-0.15, -0.1) is 0 Å². The van der Waals surface area contributed by atoms with Gasteiger partial charge in [0.2, 0.25) is 0 Å². The van der Waals surface area contributed by atoms with E-state index in [0.29, 0.717) is 11.3 Å². The van der Waals surface area contributed by atoms with E-state index in [9.17, 15) is 0 Å². The van der Waals surface area contributed by atoms with Crippen molar-refractivity contribution in [3.05, 3.63) is 35.9 Å². The predicted octanol–water partition coefficient (Wildman–Crippen LogP) is 2.99. The first-order chi connectivity index (χ1) is 6.67. The van der Waals surface area contributed by atoms with Crippen molar-refractivity contribution in [3.8, 4) is 11.8 Å². The van der Waals surface area contributed by atoms with Crippen LogP contribution in [0.15, 0.2) is 24.8 Å². The smallest absolute Gasteiger partial charge is 0.128 e. The number of hydrogen-bond acceptors (Lipinski definition) is 2. The molecule has 0 aliphatic carbocycles. The Bertz CT molecular complexity index is 374. The number of benzene rings is 1. The van der Waals surface area contributed by atoms with Crippen LogP contribution in [0.5, 0.6) is 5.75 Å². The van der Waals surface area contributed by atoms with Gasteiger partial charge in [0.1, 0.15) is 5.75 Å². The third kappa shape index (κ3) is 2.37. The summed E-state index contributed by atoms with van der Waals surface area (Å²) in [5.74, 6) is 0.717. The van der Waals surface area contributed by atoms with Crippen molar-refractivity contribution in [2.75, 3.05) is 0 Å². The molecule has 0 aromatic heterocycles. The van der Waals surface area contributed by atoms with Crippen LogP contribution < -0.4 is 4.74 Å². The number of nitrogens with zero attached hydrogens (tertiary/aromatic N) is 1. The summed E-state index contributed by atoms with van der Waals surface area (Å²) in [5.41, 5.74) is 1.52. The van der Waals surface area contributed by atoms with Crippen LogP contribution in [-0.4, -0.2) is 6.10 Å². The molecule has 14 heavy (non-hydrogen) atoms. The number of nitriles is 1. The van der Waals surface area contributed by atoms with Crippen LogP contribution in [-0.2, 0) is 0 Å². The summed E-state index contributed by atoms with van der Waals surface area (Å²) >= 11 is 0. The highest BCUT2D eigenvalue weighted by molar-refractivity contribution is 5.58. The first-order valence-electron chi connectivity index (χ1n) is 4.50. The quantitative estimate of drug-likeness (QED) is 0.728. The molecule has 72 valence electrons. The lowest BCUT2D eigenvalue weighted by Gasteiger charge is -2.12. The fourth-order valence-electron chi connectivity index (χ4n) is 1.13. The third-order valence-electron chi connectivity index (χ3n) is 1.73. The van der Waals surface area contributed by atoms with Gasteiger partial charge >= 0.3 is 0 Å². The van der Waals surface area contributed by atoms with E-state index in [-0.39, 0.29) is 6.10 Å².